The third-order valence-corrected chi connectivity index (χ3v) is 1.60. The summed E-state index contributed by atoms with van der Waals surface area (Å²) < 4.78 is 12.8. The van der Waals surface area contributed by atoms with Crippen LogP contribution in [0.4, 0.5) is 10.2 Å². The van der Waals surface area contributed by atoms with Gasteiger partial charge in [-0.1, -0.05) is 22.7 Å². The fraction of sp³-hybridized carbons (Fsp3) is 0. The van der Waals surface area contributed by atoms with E-state index in [1.807, 2.05) is 18.2 Å². The molecule has 1 aromatic rings. The van der Waals surface area contributed by atoms with E-state index in [-0.39, 0.29) is 0 Å². The Morgan fingerprint density at radius 2 is 2.09 bits per heavy atom. The molecule has 0 amide bonds. The predicted molar refractivity (Wildman–Crippen MR) is 42.2 cm³/mol. The first-order chi connectivity index (χ1) is 5.38. The number of hydrogen-bond acceptors (Lipinski definition) is 2. The fourth-order valence-corrected chi connectivity index (χ4v) is 1.07. The molecule has 0 atom stereocenters. The number of nitrogens with one attached hydrogen (secondary N) is 1. The maximum absolute atomic E-state index is 12.8. The Labute approximate surface area is 63.8 Å². The van der Waals surface area contributed by atoms with E-state index in [1.54, 1.807) is 18.3 Å². The maximum atomic E-state index is 12.8. The van der Waals surface area contributed by atoms with Crippen LogP contribution in [-0.2, 0) is 0 Å². The van der Waals surface area contributed by atoms with E-state index < -0.39 is 0 Å². The Hall–Kier alpha value is -1.51. The second kappa shape index (κ2) is 2.27. The highest BCUT2D eigenvalue weighted by atomic mass is 19.2. The molecule has 0 spiro atoms. The predicted octanol–water partition coefficient (Wildman–Crippen LogP) is 1.87. The van der Waals surface area contributed by atoms with Crippen LogP contribution < -0.4 is 10.7 Å². The first-order valence-electron chi connectivity index (χ1n) is 3.35. The van der Waals surface area contributed by atoms with Crippen molar-refractivity contribution in [1.82, 2.24) is 5.43 Å². The van der Waals surface area contributed by atoms with Crippen molar-refractivity contribution in [1.29, 1.82) is 0 Å². The lowest BCUT2D eigenvalue weighted by Gasteiger charge is -2.18. The first-order valence-corrected chi connectivity index (χ1v) is 3.35. The molecule has 0 aliphatic carbocycles. The molecular weight excluding hydrogens is 143 g/mol. The molecule has 1 N–H and O–H groups in total. The molecule has 11 heavy (non-hydrogen) atoms. The van der Waals surface area contributed by atoms with Crippen molar-refractivity contribution in [3.8, 4) is 0 Å². The van der Waals surface area contributed by atoms with E-state index in [2.05, 4.69) is 5.43 Å². The molecule has 1 aromatic carbocycles. The zero-order chi connectivity index (χ0) is 7.68. The zero-order valence-electron chi connectivity index (χ0n) is 5.79. The van der Waals surface area contributed by atoms with Crippen LogP contribution in [0.3, 0.4) is 0 Å². The van der Waals surface area contributed by atoms with Crippen LogP contribution in [0.25, 0.3) is 6.08 Å². The molecule has 0 radical (unpaired) electrons. The summed E-state index contributed by atoms with van der Waals surface area (Å²) in [7, 11) is 0. The molecule has 0 saturated heterocycles. The molecule has 1 aliphatic rings. The summed E-state index contributed by atoms with van der Waals surface area (Å²) in [5.74, 6) is 0. The summed E-state index contributed by atoms with van der Waals surface area (Å²) in [6.07, 6.45) is 3.38. The summed E-state index contributed by atoms with van der Waals surface area (Å²) in [6.45, 7) is 0. The van der Waals surface area contributed by atoms with Gasteiger partial charge in [0.25, 0.3) is 0 Å². The van der Waals surface area contributed by atoms with Crippen molar-refractivity contribution in [2.75, 3.05) is 5.23 Å². The van der Waals surface area contributed by atoms with Crippen molar-refractivity contribution in [3.05, 3.63) is 36.0 Å². The molecule has 0 saturated carbocycles. The number of benzene rings is 1. The molecule has 1 aliphatic heterocycles. The topological polar surface area (TPSA) is 15.3 Å². The maximum Gasteiger partial charge on any atom is 0.100 e. The first kappa shape index (κ1) is 6.22. The van der Waals surface area contributed by atoms with Gasteiger partial charge < -0.3 is 0 Å². The van der Waals surface area contributed by atoms with Gasteiger partial charge >= 0.3 is 0 Å². The van der Waals surface area contributed by atoms with Crippen molar-refractivity contribution in [3.63, 3.8) is 0 Å². The molecule has 0 bridgehead atoms. The Morgan fingerprint density at radius 3 is 2.91 bits per heavy atom. The second-order valence-electron chi connectivity index (χ2n) is 2.30. The number of rotatable bonds is 0. The van der Waals surface area contributed by atoms with Gasteiger partial charge in [0, 0.05) is 11.8 Å². The van der Waals surface area contributed by atoms with Gasteiger partial charge in [-0.25, -0.2) is 0 Å². The molecular formula is C8H7FN2. The monoisotopic (exact) mass is 150 g/mol. The normalized spacial score (nSPS) is 14.1. The van der Waals surface area contributed by atoms with Gasteiger partial charge in [0.15, 0.2) is 0 Å². The number of hydrogen-bond donors (Lipinski definition) is 1. The Morgan fingerprint density at radius 1 is 1.27 bits per heavy atom. The van der Waals surface area contributed by atoms with Gasteiger partial charge in [0.05, 0.1) is 0 Å². The summed E-state index contributed by atoms with van der Waals surface area (Å²) in [5, 5.41) is 0.495. The third kappa shape index (κ3) is 0.941. The van der Waals surface area contributed by atoms with E-state index in [4.69, 9.17) is 0 Å². The zero-order valence-corrected chi connectivity index (χ0v) is 5.79. The number of fused-ring (bicyclic) bond motifs is 1. The number of para-hydroxylation sites is 1. The van der Waals surface area contributed by atoms with Gasteiger partial charge in [0.2, 0.25) is 0 Å². The minimum absolute atomic E-state index is 0.495. The highest BCUT2D eigenvalue weighted by molar-refractivity contribution is 5.68. The molecule has 2 rings (SSSR count). The van der Waals surface area contributed by atoms with E-state index in [0.29, 0.717) is 10.9 Å². The van der Waals surface area contributed by atoms with Crippen LogP contribution in [0, 0.1) is 0 Å². The Bertz CT molecular complexity index is 296. The van der Waals surface area contributed by atoms with Crippen LogP contribution in [-0.4, -0.2) is 0 Å². The van der Waals surface area contributed by atoms with Gasteiger partial charge in [-0.15, -0.1) is 5.23 Å². The average molecular weight is 150 g/mol. The SMILES string of the molecule is FN1NC=Cc2ccccc21. The summed E-state index contributed by atoms with van der Waals surface area (Å²) >= 11 is 0. The van der Waals surface area contributed by atoms with Gasteiger partial charge in [-0.3, -0.25) is 5.43 Å². The molecule has 3 heteroatoms. The lowest BCUT2D eigenvalue weighted by Crippen LogP contribution is -2.27. The molecule has 56 valence electrons. The smallest absolute Gasteiger partial charge is 0.100 e. The fourth-order valence-electron chi connectivity index (χ4n) is 1.07. The average Bonchev–Trinajstić information content (AvgIpc) is 2.06. The van der Waals surface area contributed by atoms with Gasteiger partial charge in [-0.2, -0.15) is 0 Å². The standard InChI is InChI=1S/C8H7FN2/c9-11-8-4-2-1-3-7(8)5-6-10-11/h1-6,10H. The largest absolute Gasteiger partial charge is 0.278 e. The molecule has 0 fully saturated rings. The molecule has 2 nitrogen and oxygen atoms in total. The number of nitrogens with zero attached hydrogens (tertiary/aromatic N) is 1. The van der Waals surface area contributed by atoms with E-state index in [1.165, 1.54) is 0 Å². The minimum Gasteiger partial charge on any atom is -0.278 e. The Kier molecular flexibility index (Phi) is 1.28. The number of anilines is 1. The van der Waals surface area contributed by atoms with Crippen molar-refractivity contribution >= 4 is 11.8 Å². The van der Waals surface area contributed by atoms with E-state index in [0.717, 1.165) is 5.56 Å². The summed E-state index contributed by atoms with van der Waals surface area (Å²) in [4.78, 5) is 0. The molecule has 0 aromatic heterocycles. The highest BCUT2D eigenvalue weighted by Gasteiger charge is 2.09. The van der Waals surface area contributed by atoms with Crippen LogP contribution in [0.2, 0.25) is 0 Å². The van der Waals surface area contributed by atoms with E-state index >= 15 is 0 Å². The van der Waals surface area contributed by atoms with Crippen LogP contribution in [0.15, 0.2) is 30.5 Å². The van der Waals surface area contributed by atoms with Crippen LogP contribution >= 0.6 is 0 Å². The summed E-state index contributed by atoms with van der Waals surface area (Å²) in [5.41, 5.74) is 3.86. The summed E-state index contributed by atoms with van der Waals surface area (Å²) in [6, 6.07) is 7.25. The lowest BCUT2D eigenvalue weighted by atomic mass is 10.1. The number of hydrazine groups is 1. The second-order valence-corrected chi connectivity index (χ2v) is 2.30. The highest BCUT2D eigenvalue weighted by Crippen LogP contribution is 2.22. The minimum atomic E-state index is 0.495. The quantitative estimate of drug-likeness (QED) is 0.568. The number of halogens is 1. The molecule has 0 unspecified atom stereocenters. The van der Waals surface area contributed by atoms with Gasteiger partial charge in [0.1, 0.15) is 5.69 Å². The van der Waals surface area contributed by atoms with Gasteiger partial charge in [-0.05, 0) is 12.1 Å². The van der Waals surface area contributed by atoms with Crippen LogP contribution in [0.5, 0.6) is 0 Å². The third-order valence-electron chi connectivity index (χ3n) is 1.60. The lowest BCUT2D eigenvalue weighted by molar-refractivity contribution is 0.397. The molecule has 1 heterocycles. The van der Waals surface area contributed by atoms with Crippen molar-refractivity contribution in [2.45, 2.75) is 0 Å². The Balaban J connectivity index is 2.54. The van der Waals surface area contributed by atoms with Crippen LogP contribution in [0.1, 0.15) is 5.56 Å². The van der Waals surface area contributed by atoms with Crippen molar-refractivity contribution < 1.29 is 4.48 Å². The van der Waals surface area contributed by atoms with Crippen molar-refractivity contribution in [2.24, 2.45) is 0 Å². The van der Waals surface area contributed by atoms with E-state index in [9.17, 15) is 4.48 Å².